The van der Waals surface area contributed by atoms with Crippen LogP contribution in [0.5, 0.6) is 5.75 Å². The van der Waals surface area contributed by atoms with Crippen LogP contribution in [-0.2, 0) is 6.42 Å². The summed E-state index contributed by atoms with van der Waals surface area (Å²) in [7, 11) is 1.64. The van der Waals surface area contributed by atoms with E-state index in [1.54, 1.807) is 11.7 Å². The molecule has 0 aliphatic rings. The Balaban J connectivity index is 2.03. The molecule has 4 heteroatoms. The molecule has 4 nitrogen and oxygen atoms in total. The van der Waals surface area contributed by atoms with Crippen molar-refractivity contribution in [1.29, 1.82) is 0 Å². The number of nitrogens with zero attached hydrogens (tertiary/aromatic N) is 2. The number of para-hydroxylation sites is 1. The lowest BCUT2D eigenvalue weighted by Gasteiger charge is -2.14. The highest BCUT2D eigenvalue weighted by Gasteiger charge is 2.15. The maximum absolute atomic E-state index is 13.5. The van der Waals surface area contributed by atoms with Gasteiger partial charge in [-0.3, -0.25) is 9.36 Å². The molecule has 3 aromatic carbocycles. The molecule has 4 aromatic rings. The van der Waals surface area contributed by atoms with Crippen LogP contribution in [0.2, 0.25) is 0 Å². The highest BCUT2D eigenvalue weighted by atomic mass is 16.5. The van der Waals surface area contributed by atoms with Gasteiger partial charge in [0.05, 0.1) is 23.7 Å². The lowest BCUT2D eigenvalue weighted by molar-refractivity contribution is 0.415. The minimum atomic E-state index is -0.0468. The fourth-order valence-corrected chi connectivity index (χ4v) is 3.37. The summed E-state index contributed by atoms with van der Waals surface area (Å²) >= 11 is 0. The fraction of sp³-hybridized carbons (Fsp3) is 0.130. The lowest BCUT2D eigenvalue weighted by Crippen LogP contribution is -2.24. The number of aryl methyl sites for hydroxylation is 1. The van der Waals surface area contributed by atoms with E-state index in [2.05, 4.69) is 0 Å². The Kier molecular flexibility index (Phi) is 4.47. The lowest BCUT2D eigenvalue weighted by atomic mass is 10.0. The van der Waals surface area contributed by atoms with Crippen LogP contribution >= 0.6 is 0 Å². The van der Waals surface area contributed by atoms with Crippen molar-refractivity contribution in [2.24, 2.45) is 0 Å². The molecule has 0 aliphatic carbocycles. The number of methoxy groups -OCH3 is 1. The maximum Gasteiger partial charge on any atom is 0.266 e. The largest absolute Gasteiger partial charge is 0.497 e. The second-order valence-corrected chi connectivity index (χ2v) is 6.29. The van der Waals surface area contributed by atoms with Crippen molar-refractivity contribution in [2.75, 3.05) is 7.11 Å². The second-order valence-electron chi connectivity index (χ2n) is 6.29. The van der Waals surface area contributed by atoms with Gasteiger partial charge < -0.3 is 4.74 Å². The number of ether oxygens (including phenoxy) is 1. The monoisotopic (exact) mass is 356 g/mol. The average molecular weight is 356 g/mol. The quantitative estimate of drug-likeness (QED) is 0.536. The van der Waals surface area contributed by atoms with Crippen LogP contribution < -0.4 is 10.3 Å². The van der Waals surface area contributed by atoms with E-state index in [0.29, 0.717) is 11.8 Å². The SMILES string of the molecule is CCc1nc2cccc(-c3ccc(OC)cc3)c2c(=O)n1-c1ccccc1. The van der Waals surface area contributed by atoms with Crippen LogP contribution in [0.25, 0.3) is 27.7 Å². The van der Waals surface area contributed by atoms with Gasteiger partial charge in [-0.15, -0.1) is 0 Å². The predicted molar refractivity (Wildman–Crippen MR) is 109 cm³/mol. The van der Waals surface area contributed by atoms with Crippen molar-refractivity contribution >= 4 is 10.9 Å². The van der Waals surface area contributed by atoms with Gasteiger partial charge in [0.25, 0.3) is 5.56 Å². The molecule has 1 aromatic heterocycles. The van der Waals surface area contributed by atoms with Gasteiger partial charge in [-0.05, 0) is 41.5 Å². The third-order valence-corrected chi connectivity index (χ3v) is 4.70. The van der Waals surface area contributed by atoms with Crippen molar-refractivity contribution in [3.63, 3.8) is 0 Å². The highest BCUT2D eigenvalue weighted by Crippen LogP contribution is 2.28. The molecule has 0 N–H and O–H groups in total. The molecule has 134 valence electrons. The molecule has 0 amide bonds. The number of hydrogen-bond donors (Lipinski definition) is 0. The Morgan fingerprint density at radius 1 is 0.926 bits per heavy atom. The number of aromatic nitrogens is 2. The van der Waals surface area contributed by atoms with E-state index in [-0.39, 0.29) is 5.56 Å². The van der Waals surface area contributed by atoms with Gasteiger partial charge in [0.15, 0.2) is 0 Å². The predicted octanol–water partition coefficient (Wildman–Crippen LogP) is 4.62. The van der Waals surface area contributed by atoms with Crippen LogP contribution in [0.3, 0.4) is 0 Å². The van der Waals surface area contributed by atoms with E-state index < -0.39 is 0 Å². The van der Waals surface area contributed by atoms with Gasteiger partial charge in [0.2, 0.25) is 0 Å². The zero-order valence-corrected chi connectivity index (χ0v) is 15.3. The summed E-state index contributed by atoms with van der Waals surface area (Å²) in [4.78, 5) is 18.3. The normalized spacial score (nSPS) is 10.9. The first-order valence-electron chi connectivity index (χ1n) is 8.97. The van der Waals surface area contributed by atoms with Crippen LogP contribution in [0.4, 0.5) is 0 Å². The summed E-state index contributed by atoms with van der Waals surface area (Å²) in [5.41, 5.74) is 3.34. The van der Waals surface area contributed by atoms with Gasteiger partial charge in [0, 0.05) is 6.42 Å². The molecule has 0 aliphatic heterocycles. The van der Waals surface area contributed by atoms with Crippen molar-refractivity contribution < 1.29 is 4.74 Å². The second kappa shape index (κ2) is 7.08. The molecule has 0 saturated carbocycles. The summed E-state index contributed by atoms with van der Waals surface area (Å²) in [6.07, 6.45) is 0.673. The molecule has 0 radical (unpaired) electrons. The van der Waals surface area contributed by atoms with Crippen molar-refractivity contribution in [3.8, 4) is 22.6 Å². The summed E-state index contributed by atoms with van der Waals surface area (Å²) in [5, 5.41) is 0.628. The topological polar surface area (TPSA) is 44.1 Å². The third-order valence-electron chi connectivity index (χ3n) is 4.70. The Morgan fingerprint density at radius 2 is 1.67 bits per heavy atom. The van der Waals surface area contributed by atoms with Crippen LogP contribution in [-0.4, -0.2) is 16.7 Å². The molecule has 0 fully saturated rings. The maximum atomic E-state index is 13.5. The molecule has 0 atom stereocenters. The minimum Gasteiger partial charge on any atom is -0.497 e. The molecule has 0 saturated heterocycles. The van der Waals surface area contributed by atoms with Gasteiger partial charge in [-0.1, -0.05) is 49.4 Å². The van der Waals surface area contributed by atoms with Gasteiger partial charge in [-0.2, -0.15) is 0 Å². The van der Waals surface area contributed by atoms with Crippen LogP contribution in [0.15, 0.2) is 77.6 Å². The van der Waals surface area contributed by atoms with E-state index in [4.69, 9.17) is 9.72 Å². The standard InChI is InChI=1S/C23H20N2O2/c1-3-21-24-20-11-7-10-19(16-12-14-18(27-2)15-13-16)22(20)23(26)25(21)17-8-5-4-6-9-17/h4-15H,3H2,1-2H3. The summed E-state index contributed by atoms with van der Waals surface area (Å²) in [6.45, 7) is 2.01. The molecule has 0 unspecified atom stereocenters. The number of hydrogen-bond acceptors (Lipinski definition) is 3. The van der Waals surface area contributed by atoms with E-state index in [0.717, 1.165) is 33.9 Å². The van der Waals surface area contributed by atoms with Gasteiger partial charge in [0.1, 0.15) is 11.6 Å². The van der Waals surface area contributed by atoms with E-state index in [1.807, 2.05) is 79.7 Å². The smallest absolute Gasteiger partial charge is 0.266 e. The zero-order chi connectivity index (χ0) is 18.8. The Labute approximate surface area is 157 Å². The summed E-state index contributed by atoms with van der Waals surface area (Å²) in [6, 6.07) is 23.2. The molecular weight excluding hydrogens is 336 g/mol. The van der Waals surface area contributed by atoms with E-state index in [9.17, 15) is 4.79 Å². The van der Waals surface area contributed by atoms with Crippen molar-refractivity contribution in [1.82, 2.24) is 9.55 Å². The first kappa shape index (κ1) is 17.0. The van der Waals surface area contributed by atoms with Gasteiger partial charge in [-0.25, -0.2) is 4.98 Å². The molecule has 0 spiro atoms. The van der Waals surface area contributed by atoms with Crippen LogP contribution in [0, 0.1) is 0 Å². The number of benzene rings is 3. The highest BCUT2D eigenvalue weighted by molar-refractivity contribution is 5.94. The van der Waals surface area contributed by atoms with E-state index in [1.165, 1.54) is 0 Å². The summed E-state index contributed by atoms with van der Waals surface area (Å²) in [5.74, 6) is 1.54. The molecular formula is C23H20N2O2. The third kappa shape index (κ3) is 2.99. The molecule has 1 heterocycles. The first-order chi connectivity index (χ1) is 13.2. The summed E-state index contributed by atoms with van der Waals surface area (Å²) < 4.78 is 6.96. The van der Waals surface area contributed by atoms with E-state index >= 15 is 0 Å². The fourth-order valence-electron chi connectivity index (χ4n) is 3.37. The Bertz CT molecular complexity index is 1150. The first-order valence-corrected chi connectivity index (χ1v) is 8.97. The Morgan fingerprint density at radius 3 is 2.33 bits per heavy atom. The number of rotatable bonds is 4. The minimum absolute atomic E-state index is 0.0468. The van der Waals surface area contributed by atoms with Crippen LogP contribution in [0.1, 0.15) is 12.7 Å². The molecule has 0 bridgehead atoms. The molecule has 27 heavy (non-hydrogen) atoms. The van der Waals surface area contributed by atoms with Crippen molar-refractivity contribution in [3.05, 3.63) is 89.0 Å². The average Bonchev–Trinajstić information content (AvgIpc) is 2.73. The molecule has 4 rings (SSSR count). The van der Waals surface area contributed by atoms with Gasteiger partial charge >= 0.3 is 0 Å². The zero-order valence-electron chi connectivity index (χ0n) is 15.3. The number of fused-ring (bicyclic) bond motifs is 1. The Hall–Kier alpha value is -3.40. The van der Waals surface area contributed by atoms with Crippen molar-refractivity contribution in [2.45, 2.75) is 13.3 Å².